The summed E-state index contributed by atoms with van der Waals surface area (Å²) in [6.07, 6.45) is 0.577. The third kappa shape index (κ3) is 7.14. The van der Waals surface area contributed by atoms with E-state index in [1.165, 1.54) is 0 Å². The second-order valence-corrected chi connectivity index (χ2v) is 6.99. The fourth-order valence-electron chi connectivity index (χ4n) is 2.30. The van der Waals surface area contributed by atoms with Crippen molar-refractivity contribution in [1.82, 2.24) is 5.32 Å². The molecule has 0 aliphatic rings. The molecule has 1 rings (SSSR count). The predicted molar refractivity (Wildman–Crippen MR) is 87.0 cm³/mol. The number of aliphatic hydroxyl groups excluding tert-OH is 1. The zero-order chi connectivity index (χ0) is 16.0. The van der Waals surface area contributed by atoms with Crippen molar-refractivity contribution in [3.05, 3.63) is 29.8 Å². The first kappa shape index (κ1) is 17.5. The molecule has 1 aromatic carbocycles. The van der Waals surface area contributed by atoms with Gasteiger partial charge in [-0.1, -0.05) is 39.8 Å². The van der Waals surface area contributed by atoms with Crippen molar-refractivity contribution in [1.29, 1.82) is 0 Å². The van der Waals surface area contributed by atoms with E-state index in [-0.39, 0.29) is 17.2 Å². The lowest BCUT2D eigenvalue weighted by atomic mass is 9.89. The Hall–Kier alpha value is -1.55. The molecule has 21 heavy (non-hydrogen) atoms. The van der Waals surface area contributed by atoms with Crippen molar-refractivity contribution in [2.24, 2.45) is 5.41 Å². The molecule has 2 atom stereocenters. The van der Waals surface area contributed by atoms with Crippen LogP contribution in [0.2, 0.25) is 0 Å². The van der Waals surface area contributed by atoms with Gasteiger partial charge in [0.05, 0.1) is 6.10 Å². The van der Waals surface area contributed by atoms with Gasteiger partial charge in [-0.2, -0.15) is 0 Å². The first-order valence-electron chi connectivity index (χ1n) is 7.47. The molecule has 0 saturated carbocycles. The first-order chi connectivity index (χ1) is 9.67. The van der Waals surface area contributed by atoms with Crippen molar-refractivity contribution in [3.8, 4) is 0 Å². The summed E-state index contributed by atoms with van der Waals surface area (Å²) < 4.78 is 0. The van der Waals surface area contributed by atoms with E-state index in [0.717, 1.165) is 11.3 Å². The van der Waals surface area contributed by atoms with E-state index in [2.05, 4.69) is 26.1 Å². The average molecular weight is 292 g/mol. The van der Waals surface area contributed by atoms with Gasteiger partial charge in [-0.15, -0.1) is 0 Å². The van der Waals surface area contributed by atoms with Crippen molar-refractivity contribution in [2.75, 3.05) is 12.3 Å². The van der Waals surface area contributed by atoms with Crippen molar-refractivity contribution >= 4 is 11.6 Å². The minimum Gasteiger partial charge on any atom is -0.399 e. The molecular weight excluding hydrogens is 264 g/mol. The summed E-state index contributed by atoms with van der Waals surface area (Å²) in [6, 6.07) is 7.58. The van der Waals surface area contributed by atoms with Gasteiger partial charge in [0.25, 0.3) is 0 Å². The van der Waals surface area contributed by atoms with Crippen molar-refractivity contribution in [2.45, 2.75) is 52.6 Å². The van der Waals surface area contributed by atoms with Crippen LogP contribution < -0.4 is 11.1 Å². The molecule has 0 bridgehead atoms. The number of anilines is 1. The molecule has 0 radical (unpaired) electrons. The Balaban J connectivity index is 2.38. The van der Waals surface area contributed by atoms with Crippen LogP contribution in [0.4, 0.5) is 5.69 Å². The van der Waals surface area contributed by atoms with Crippen molar-refractivity contribution in [3.63, 3.8) is 0 Å². The number of hydrogen-bond donors (Lipinski definition) is 3. The highest BCUT2D eigenvalue weighted by Crippen LogP contribution is 2.21. The van der Waals surface area contributed by atoms with Gasteiger partial charge in [0.2, 0.25) is 5.91 Å². The first-order valence-corrected chi connectivity index (χ1v) is 7.47. The van der Waals surface area contributed by atoms with Crippen LogP contribution in [-0.4, -0.2) is 23.7 Å². The Morgan fingerprint density at radius 1 is 1.29 bits per heavy atom. The van der Waals surface area contributed by atoms with E-state index in [1.807, 2.05) is 31.2 Å². The summed E-state index contributed by atoms with van der Waals surface area (Å²) in [4.78, 5) is 11.9. The molecular formula is C17H28N2O2. The monoisotopic (exact) mass is 292 g/mol. The van der Waals surface area contributed by atoms with Gasteiger partial charge in [-0.25, -0.2) is 0 Å². The molecule has 4 nitrogen and oxygen atoms in total. The summed E-state index contributed by atoms with van der Waals surface area (Å²) in [5.41, 5.74) is 7.52. The maximum absolute atomic E-state index is 11.9. The largest absolute Gasteiger partial charge is 0.399 e. The normalized spacial score (nSPS) is 14.5. The van der Waals surface area contributed by atoms with Crippen molar-refractivity contribution < 1.29 is 9.90 Å². The van der Waals surface area contributed by atoms with E-state index in [4.69, 9.17) is 5.73 Å². The highest BCUT2D eigenvalue weighted by atomic mass is 16.3. The van der Waals surface area contributed by atoms with Crippen LogP contribution >= 0.6 is 0 Å². The number of benzene rings is 1. The smallest absolute Gasteiger partial charge is 0.220 e. The number of hydrogen-bond acceptors (Lipinski definition) is 3. The van der Waals surface area contributed by atoms with E-state index in [9.17, 15) is 9.90 Å². The van der Waals surface area contributed by atoms with Gasteiger partial charge >= 0.3 is 0 Å². The number of carbonyl (C=O) groups excluding carboxylic acids is 1. The number of nitrogen functional groups attached to an aromatic ring is 1. The standard InChI is InChI=1S/C17H28N2O2/c1-12(13-5-7-14(18)8-6-13)9-16(21)19-11-15(20)10-17(2,3)4/h5-8,12,15,20H,9-11,18H2,1-4H3,(H,19,21). The van der Waals surface area contributed by atoms with E-state index in [1.54, 1.807) is 0 Å². The van der Waals surface area contributed by atoms with Crippen LogP contribution in [0.1, 0.15) is 52.0 Å². The maximum Gasteiger partial charge on any atom is 0.220 e. The summed E-state index contributed by atoms with van der Waals surface area (Å²) in [5, 5.41) is 12.7. The Kier molecular flexibility index (Phi) is 6.21. The lowest BCUT2D eigenvalue weighted by Gasteiger charge is -2.22. The highest BCUT2D eigenvalue weighted by molar-refractivity contribution is 5.76. The molecule has 0 aromatic heterocycles. The topological polar surface area (TPSA) is 75.3 Å². The van der Waals surface area contributed by atoms with Crippen LogP contribution in [0, 0.1) is 5.41 Å². The highest BCUT2D eigenvalue weighted by Gasteiger charge is 2.18. The minimum atomic E-state index is -0.499. The fraction of sp³-hybridized carbons (Fsp3) is 0.588. The second-order valence-electron chi connectivity index (χ2n) is 6.99. The molecule has 1 aromatic rings. The second kappa shape index (κ2) is 7.46. The minimum absolute atomic E-state index is 0.0349. The van der Waals surface area contributed by atoms with Gasteiger partial charge < -0.3 is 16.2 Å². The molecule has 0 heterocycles. The average Bonchev–Trinajstić information content (AvgIpc) is 2.35. The van der Waals surface area contributed by atoms with Gasteiger partial charge in [-0.05, 0) is 35.4 Å². The Morgan fingerprint density at radius 2 is 1.86 bits per heavy atom. The summed E-state index contributed by atoms with van der Waals surface area (Å²) >= 11 is 0. The summed E-state index contributed by atoms with van der Waals surface area (Å²) in [5.74, 6) is 0.0950. The zero-order valence-corrected chi connectivity index (χ0v) is 13.5. The molecule has 0 fully saturated rings. The van der Waals surface area contributed by atoms with Crippen LogP contribution in [0.25, 0.3) is 0 Å². The van der Waals surface area contributed by atoms with Gasteiger partial charge in [0.1, 0.15) is 0 Å². The van der Waals surface area contributed by atoms with Gasteiger partial charge in [-0.3, -0.25) is 4.79 Å². The van der Waals surface area contributed by atoms with Gasteiger partial charge in [0.15, 0.2) is 0 Å². The number of nitrogens with one attached hydrogen (secondary N) is 1. The van der Waals surface area contributed by atoms with E-state index < -0.39 is 6.10 Å². The predicted octanol–water partition coefficient (Wildman–Crippen LogP) is 2.68. The summed E-state index contributed by atoms with van der Waals surface area (Å²) in [6.45, 7) is 8.53. The molecule has 2 unspecified atom stereocenters. The number of rotatable bonds is 6. The molecule has 1 amide bonds. The van der Waals surface area contributed by atoms with Crippen LogP contribution in [0.3, 0.4) is 0 Å². The zero-order valence-electron chi connectivity index (χ0n) is 13.5. The number of nitrogens with two attached hydrogens (primary N) is 1. The van der Waals surface area contributed by atoms with E-state index >= 15 is 0 Å². The summed E-state index contributed by atoms with van der Waals surface area (Å²) in [7, 11) is 0. The molecule has 0 spiro atoms. The molecule has 4 heteroatoms. The lowest BCUT2D eigenvalue weighted by Crippen LogP contribution is -2.34. The van der Waals surface area contributed by atoms with Gasteiger partial charge in [0, 0.05) is 18.7 Å². The third-order valence-electron chi connectivity index (χ3n) is 3.38. The fourth-order valence-corrected chi connectivity index (χ4v) is 2.30. The SMILES string of the molecule is CC(CC(=O)NCC(O)CC(C)(C)C)c1ccc(N)cc1. The number of aliphatic hydroxyl groups is 1. The molecule has 0 saturated heterocycles. The third-order valence-corrected chi connectivity index (χ3v) is 3.38. The molecule has 4 N–H and O–H groups in total. The Labute approximate surface area is 127 Å². The molecule has 118 valence electrons. The lowest BCUT2D eigenvalue weighted by molar-refractivity contribution is -0.122. The number of carbonyl (C=O) groups is 1. The van der Waals surface area contributed by atoms with Crippen LogP contribution in [0.5, 0.6) is 0 Å². The quantitative estimate of drug-likeness (QED) is 0.706. The Morgan fingerprint density at radius 3 is 2.38 bits per heavy atom. The van der Waals surface area contributed by atoms with Crippen LogP contribution in [0.15, 0.2) is 24.3 Å². The maximum atomic E-state index is 11.9. The number of amides is 1. The molecule has 0 aliphatic carbocycles. The molecule has 0 aliphatic heterocycles. The van der Waals surface area contributed by atoms with Crippen LogP contribution in [-0.2, 0) is 4.79 Å². The Bertz CT molecular complexity index is 449. The van der Waals surface area contributed by atoms with E-state index in [0.29, 0.717) is 19.4 Å².